The summed E-state index contributed by atoms with van der Waals surface area (Å²) in [5, 5.41) is 3.39. The van der Waals surface area contributed by atoms with E-state index in [1.807, 2.05) is 0 Å². The number of rotatable bonds is 7. The van der Waals surface area contributed by atoms with Crippen LogP contribution in [0.25, 0.3) is 0 Å². The molecule has 0 amide bonds. The normalized spacial score (nSPS) is 12.1. The Bertz CT molecular complexity index is 330. The largest absolute Gasteiger partial charge is 0.317 e. The first-order chi connectivity index (χ1) is 7.94. The van der Waals surface area contributed by atoms with Gasteiger partial charge in [-0.3, -0.25) is 0 Å². The molecule has 4 heteroatoms. The minimum Gasteiger partial charge on any atom is -0.317 e. The molecule has 0 aliphatic carbocycles. The summed E-state index contributed by atoms with van der Waals surface area (Å²) in [7, 11) is 0. The van der Waals surface area contributed by atoms with Crippen molar-refractivity contribution in [3.63, 3.8) is 0 Å². The van der Waals surface area contributed by atoms with E-state index in [2.05, 4.69) is 48.1 Å². The van der Waals surface area contributed by atoms with Gasteiger partial charge in [0.15, 0.2) is 0 Å². The Kier molecular flexibility index (Phi) is 6.49. The number of hydrogen-bond donors (Lipinski definition) is 1. The van der Waals surface area contributed by atoms with Crippen LogP contribution >= 0.6 is 38.9 Å². The molecule has 98 valence electrons. The second-order valence-electron chi connectivity index (χ2n) is 5.10. The van der Waals surface area contributed by atoms with Crippen LogP contribution in [-0.4, -0.2) is 13.1 Å². The van der Waals surface area contributed by atoms with Gasteiger partial charge in [-0.2, -0.15) is 0 Å². The average Bonchev–Trinajstić information content (AvgIpc) is 2.56. The Hall–Kier alpha value is 0.430. The molecule has 1 nitrogen and oxygen atoms in total. The van der Waals surface area contributed by atoms with Crippen molar-refractivity contribution >= 4 is 38.9 Å². The topological polar surface area (TPSA) is 12.0 Å². The third kappa shape index (κ3) is 5.73. The maximum Gasteiger partial charge on any atom is 0.107 e. The van der Waals surface area contributed by atoms with Gasteiger partial charge in [-0.25, -0.2) is 0 Å². The van der Waals surface area contributed by atoms with E-state index >= 15 is 0 Å². The summed E-state index contributed by atoms with van der Waals surface area (Å²) in [5.74, 6) is 0. The predicted molar refractivity (Wildman–Crippen MR) is 82.3 cm³/mol. The van der Waals surface area contributed by atoms with Gasteiger partial charge in [0.25, 0.3) is 0 Å². The van der Waals surface area contributed by atoms with Crippen LogP contribution < -0.4 is 5.32 Å². The predicted octanol–water partition coefficient (Wildman–Crippen LogP) is 5.12. The SMILES string of the molecule is CCNCCC(C)(C)CCc1cc(Br)c(Cl)s1. The minimum absolute atomic E-state index is 0.394. The molecule has 0 unspecified atom stereocenters. The Morgan fingerprint density at radius 1 is 1.41 bits per heavy atom. The Morgan fingerprint density at radius 3 is 2.65 bits per heavy atom. The number of nitrogens with one attached hydrogen (secondary N) is 1. The molecule has 0 bridgehead atoms. The third-order valence-electron chi connectivity index (χ3n) is 2.97. The molecule has 1 N–H and O–H groups in total. The number of hydrogen-bond acceptors (Lipinski definition) is 2. The smallest absolute Gasteiger partial charge is 0.107 e. The first kappa shape index (κ1) is 15.5. The number of halogens is 2. The van der Waals surface area contributed by atoms with E-state index in [-0.39, 0.29) is 0 Å². The molecule has 0 aliphatic rings. The fourth-order valence-corrected chi connectivity index (χ4v) is 3.49. The van der Waals surface area contributed by atoms with Crippen molar-refractivity contribution in [2.45, 2.75) is 40.0 Å². The van der Waals surface area contributed by atoms with Crippen LogP contribution in [0, 0.1) is 5.41 Å². The standard InChI is InChI=1S/C13H21BrClNS/c1-4-16-8-7-13(2,3)6-5-10-9-11(14)12(15)17-10/h9,16H,4-8H2,1-3H3. The molecule has 0 saturated heterocycles. The Morgan fingerprint density at radius 2 is 2.12 bits per heavy atom. The van der Waals surface area contributed by atoms with E-state index in [0.29, 0.717) is 5.41 Å². The van der Waals surface area contributed by atoms with Crippen molar-refractivity contribution in [3.05, 3.63) is 19.8 Å². The fourth-order valence-electron chi connectivity index (χ4n) is 1.70. The Labute approximate surface area is 122 Å². The monoisotopic (exact) mass is 337 g/mol. The summed E-state index contributed by atoms with van der Waals surface area (Å²) in [5.41, 5.74) is 0.394. The summed E-state index contributed by atoms with van der Waals surface area (Å²) in [6, 6.07) is 2.15. The lowest BCUT2D eigenvalue weighted by molar-refractivity contribution is 0.304. The molecule has 0 spiro atoms. The molecular weight excluding hydrogens is 318 g/mol. The van der Waals surface area contributed by atoms with Gasteiger partial charge >= 0.3 is 0 Å². The van der Waals surface area contributed by atoms with Gasteiger partial charge in [0, 0.05) is 9.35 Å². The van der Waals surface area contributed by atoms with Crippen LogP contribution in [0.1, 0.15) is 38.5 Å². The van der Waals surface area contributed by atoms with Crippen LogP contribution in [0.4, 0.5) is 0 Å². The molecule has 17 heavy (non-hydrogen) atoms. The van der Waals surface area contributed by atoms with E-state index in [9.17, 15) is 0 Å². The molecule has 1 rings (SSSR count). The highest BCUT2D eigenvalue weighted by molar-refractivity contribution is 9.10. The molecule has 0 fully saturated rings. The van der Waals surface area contributed by atoms with E-state index in [4.69, 9.17) is 11.6 Å². The zero-order valence-corrected chi connectivity index (χ0v) is 13.9. The molecule has 1 aromatic heterocycles. The molecule has 0 atom stereocenters. The molecular formula is C13H21BrClNS. The quantitative estimate of drug-likeness (QED) is 0.680. The first-order valence-corrected chi connectivity index (χ1v) is 8.08. The van der Waals surface area contributed by atoms with Gasteiger partial charge in [-0.05, 0) is 59.8 Å². The van der Waals surface area contributed by atoms with Crippen molar-refractivity contribution in [2.75, 3.05) is 13.1 Å². The molecule has 0 aromatic carbocycles. The van der Waals surface area contributed by atoms with Gasteiger partial charge < -0.3 is 5.32 Å². The summed E-state index contributed by atoms with van der Waals surface area (Å²) in [4.78, 5) is 1.37. The summed E-state index contributed by atoms with van der Waals surface area (Å²) < 4.78 is 1.90. The van der Waals surface area contributed by atoms with E-state index in [1.165, 1.54) is 17.7 Å². The Balaban J connectivity index is 2.38. The van der Waals surface area contributed by atoms with Crippen molar-refractivity contribution in [1.82, 2.24) is 5.32 Å². The van der Waals surface area contributed by atoms with E-state index in [1.54, 1.807) is 11.3 Å². The number of aryl methyl sites for hydroxylation is 1. The van der Waals surface area contributed by atoms with Crippen LogP contribution in [0.5, 0.6) is 0 Å². The molecule has 0 aliphatic heterocycles. The lowest BCUT2D eigenvalue weighted by Crippen LogP contribution is -2.22. The van der Waals surface area contributed by atoms with Gasteiger partial charge in [0.1, 0.15) is 4.34 Å². The summed E-state index contributed by atoms with van der Waals surface area (Å²) in [6.45, 7) is 9.00. The van der Waals surface area contributed by atoms with E-state index < -0.39 is 0 Å². The highest BCUT2D eigenvalue weighted by Crippen LogP contribution is 2.34. The molecule has 0 saturated carbocycles. The van der Waals surface area contributed by atoms with Gasteiger partial charge in [-0.15, -0.1) is 11.3 Å². The maximum absolute atomic E-state index is 6.04. The van der Waals surface area contributed by atoms with Crippen LogP contribution in [0.15, 0.2) is 10.5 Å². The second-order valence-corrected chi connectivity index (χ2v) is 7.70. The average molecular weight is 339 g/mol. The zero-order valence-electron chi connectivity index (χ0n) is 10.8. The third-order valence-corrected chi connectivity index (χ3v) is 5.51. The molecule has 0 radical (unpaired) electrons. The lowest BCUT2D eigenvalue weighted by atomic mass is 9.84. The molecule has 1 aromatic rings. The van der Waals surface area contributed by atoms with E-state index in [0.717, 1.165) is 28.3 Å². The molecule has 1 heterocycles. The van der Waals surface area contributed by atoms with Gasteiger partial charge in [0.2, 0.25) is 0 Å². The maximum atomic E-state index is 6.04. The van der Waals surface area contributed by atoms with Crippen LogP contribution in [0.2, 0.25) is 4.34 Å². The summed E-state index contributed by atoms with van der Waals surface area (Å²) in [6.07, 6.45) is 3.55. The second kappa shape index (κ2) is 7.13. The number of thiophene rings is 1. The van der Waals surface area contributed by atoms with Gasteiger partial charge in [0.05, 0.1) is 0 Å². The highest BCUT2D eigenvalue weighted by atomic mass is 79.9. The van der Waals surface area contributed by atoms with Crippen LogP contribution in [-0.2, 0) is 6.42 Å². The van der Waals surface area contributed by atoms with Crippen molar-refractivity contribution < 1.29 is 0 Å². The first-order valence-electron chi connectivity index (χ1n) is 6.09. The van der Waals surface area contributed by atoms with Crippen LogP contribution in [0.3, 0.4) is 0 Å². The lowest BCUT2D eigenvalue weighted by Gasteiger charge is -2.24. The van der Waals surface area contributed by atoms with Crippen molar-refractivity contribution in [2.24, 2.45) is 5.41 Å². The van der Waals surface area contributed by atoms with Crippen molar-refractivity contribution in [3.8, 4) is 0 Å². The minimum atomic E-state index is 0.394. The van der Waals surface area contributed by atoms with Crippen molar-refractivity contribution in [1.29, 1.82) is 0 Å². The zero-order chi connectivity index (χ0) is 12.9. The highest BCUT2D eigenvalue weighted by Gasteiger charge is 2.18. The summed E-state index contributed by atoms with van der Waals surface area (Å²) >= 11 is 11.2. The van der Waals surface area contributed by atoms with Gasteiger partial charge in [-0.1, -0.05) is 32.4 Å². The fraction of sp³-hybridized carbons (Fsp3) is 0.692.